The zero-order valence-electron chi connectivity index (χ0n) is 20.6. The summed E-state index contributed by atoms with van der Waals surface area (Å²) < 4.78 is 17.6. The van der Waals surface area contributed by atoms with Crippen LogP contribution in [0.4, 0.5) is 5.13 Å². The minimum atomic E-state index is -0.600. The van der Waals surface area contributed by atoms with E-state index in [1.54, 1.807) is 14.2 Å². The Balaban J connectivity index is 1.63. The number of para-hydroxylation sites is 1. The van der Waals surface area contributed by atoms with Crippen molar-refractivity contribution in [2.24, 2.45) is 0 Å². The lowest BCUT2D eigenvalue weighted by atomic mass is 9.75. The highest BCUT2D eigenvalue weighted by atomic mass is 32.1. The number of nitrogens with one attached hydrogen (secondary N) is 2. The summed E-state index contributed by atoms with van der Waals surface area (Å²) in [6.45, 7) is 1.86. The number of benzene rings is 2. The molecule has 1 aliphatic carbocycles. The van der Waals surface area contributed by atoms with E-state index in [2.05, 4.69) is 15.6 Å². The van der Waals surface area contributed by atoms with E-state index in [4.69, 9.17) is 14.2 Å². The fourth-order valence-corrected chi connectivity index (χ4v) is 5.84. The van der Waals surface area contributed by atoms with Crippen LogP contribution in [0.5, 0.6) is 17.2 Å². The summed E-state index contributed by atoms with van der Waals surface area (Å²) in [6, 6.07) is 11.3. The van der Waals surface area contributed by atoms with Crippen molar-refractivity contribution < 1.29 is 23.8 Å². The van der Waals surface area contributed by atoms with Gasteiger partial charge in [-0.25, -0.2) is 4.98 Å². The predicted molar refractivity (Wildman–Crippen MR) is 139 cm³/mol. The van der Waals surface area contributed by atoms with E-state index in [1.807, 2.05) is 43.3 Å². The van der Waals surface area contributed by atoms with E-state index in [-0.39, 0.29) is 11.7 Å². The number of allylic oxidation sites excluding steroid dienone is 3. The molecule has 3 aromatic rings. The highest BCUT2D eigenvalue weighted by Crippen LogP contribution is 2.47. The van der Waals surface area contributed by atoms with Gasteiger partial charge in [0.2, 0.25) is 5.75 Å². The first kappa shape index (κ1) is 23.9. The van der Waals surface area contributed by atoms with Crippen molar-refractivity contribution in [2.45, 2.75) is 32.1 Å². The second kappa shape index (κ2) is 9.66. The fraction of sp³-hybridized carbons (Fsp3) is 0.296. The molecule has 0 bridgehead atoms. The van der Waals surface area contributed by atoms with Gasteiger partial charge in [-0.2, -0.15) is 0 Å². The highest BCUT2D eigenvalue weighted by molar-refractivity contribution is 7.22. The molecule has 2 heterocycles. The van der Waals surface area contributed by atoms with Gasteiger partial charge in [-0.3, -0.25) is 14.9 Å². The number of thiazole rings is 1. The number of nitrogens with zero attached hydrogens (tertiary/aromatic N) is 1. The molecule has 1 atom stereocenters. The van der Waals surface area contributed by atoms with Gasteiger partial charge in [-0.1, -0.05) is 23.5 Å². The number of anilines is 1. The molecule has 1 aliphatic heterocycles. The van der Waals surface area contributed by atoms with E-state index in [9.17, 15) is 9.59 Å². The number of aromatic nitrogens is 1. The average Bonchev–Trinajstić information content (AvgIpc) is 3.29. The first-order valence-electron chi connectivity index (χ1n) is 11.7. The van der Waals surface area contributed by atoms with Crippen LogP contribution in [0, 0.1) is 0 Å². The molecule has 5 rings (SSSR count). The summed E-state index contributed by atoms with van der Waals surface area (Å²) in [5.74, 6) is 0.474. The number of ketones is 1. The molecule has 8 nitrogen and oxygen atoms in total. The number of Topliss-reactive ketones (excluding diaryl/α,β-unsaturated/α-hetero) is 1. The molecule has 0 radical (unpaired) electrons. The zero-order chi connectivity index (χ0) is 25.4. The third-order valence-corrected chi connectivity index (χ3v) is 7.51. The Kier molecular flexibility index (Phi) is 6.40. The van der Waals surface area contributed by atoms with Crippen LogP contribution < -0.4 is 24.8 Å². The van der Waals surface area contributed by atoms with Crippen molar-refractivity contribution in [1.82, 2.24) is 10.3 Å². The van der Waals surface area contributed by atoms with Gasteiger partial charge in [0.15, 0.2) is 22.4 Å². The van der Waals surface area contributed by atoms with E-state index in [0.29, 0.717) is 51.2 Å². The Hall–Kier alpha value is -3.85. The SMILES string of the molecule is COc1cc([C@@H]2C(C(=O)Nc3nc4ccccc4s3)=C(C)NC3=C2C(=O)CCC3)cc(OC)c1OC. The van der Waals surface area contributed by atoms with Crippen LogP contribution in [0.2, 0.25) is 0 Å². The van der Waals surface area contributed by atoms with Gasteiger partial charge in [-0.15, -0.1) is 0 Å². The van der Waals surface area contributed by atoms with Gasteiger partial charge in [0.05, 0.1) is 31.5 Å². The number of dihydropyridines is 1. The molecule has 1 amide bonds. The van der Waals surface area contributed by atoms with Crippen molar-refractivity contribution in [3.05, 3.63) is 64.5 Å². The van der Waals surface area contributed by atoms with Crippen LogP contribution in [0.1, 0.15) is 37.7 Å². The molecule has 0 saturated heterocycles. The lowest BCUT2D eigenvalue weighted by molar-refractivity contribution is -0.116. The van der Waals surface area contributed by atoms with Gasteiger partial charge in [-0.05, 0) is 49.6 Å². The topological polar surface area (TPSA) is 98.8 Å². The average molecular weight is 506 g/mol. The first-order chi connectivity index (χ1) is 17.4. The molecule has 0 saturated carbocycles. The van der Waals surface area contributed by atoms with E-state index >= 15 is 0 Å². The van der Waals surface area contributed by atoms with Gasteiger partial charge >= 0.3 is 0 Å². The smallest absolute Gasteiger partial charge is 0.256 e. The maximum absolute atomic E-state index is 13.8. The molecule has 2 aliphatic rings. The normalized spacial score (nSPS) is 17.6. The molecule has 2 aromatic carbocycles. The van der Waals surface area contributed by atoms with Gasteiger partial charge in [0.25, 0.3) is 5.91 Å². The second-order valence-corrected chi connectivity index (χ2v) is 9.70. The number of amides is 1. The third kappa shape index (κ3) is 4.09. The van der Waals surface area contributed by atoms with E-state index < -0.39 is 5.92 Å². The van der Waals surface area contributed by atoms with E-state index in [1.165, 1.54) is 18.4 Å². The molecule has 0 fully saturated rings. The Morgan fingerprint density at radius 1 is 1.08 bits per heavy atom. The second-order valence-electron chi connectivity index (χ2n) is 8.67. The molecule has 0 unspecified atom stereocenters. The van der Waals surface area contributed by atoms with Crippen LogP contribution in [-0.4, -0.2) is 38.0 Å². The first-order valence-corrected chi connectivity index (χ1v) is 12.5. The van der Waals surface area contributed by atoms with Crippen LogP contribution in [0.25, 0.3) is 10.2 Å². The standard InChI is InChI=1S/C27H27N3O5S/c1-14-22(26(32)30-27-29-16-8-5-6-11-21(16)36-27)23(24-17(28-14)9-7-10-18(24)31)15-12-19(33-2)25(35-4)20(13-15)34-3/h5-6,8,11-13,23,28H,7,9-10H2,1-4H3,(H,29,30,32)/t23-/m1/s1. The maximum Gasteiger partial charge on any atom is 0.256 e. The Morgan fingerprint density at radius 2 is 1.81 bits per heavy atom. The largest absolute Gasteiger partial charge is 0.493 e. The van der Waals surface area contributed by atoms with Crippen molar-refractivity contribution in [3.8, 4) is 17.2 Å². The van der Waals surface area contributed by atoms with Crippen LogP contribution >= 0.6 is 11.3 Å². The summed E-state index contributed by atoms with van der Waals surface area (Å²) in [7, 11) is 4.63. The summed E-state index contributed by atoms with van der Waals surface area (Å²) in [5.41, 5.74) is 4.15. The Bertz CT molecular complexity index is 1380. The van der Waals surface area contributed by atoms with Crippen molar-refractivity contribution in [1.29, 1.82) is 0 Å². The monoisotopic (exact) mass is 505 g/mol. The molecule has 9 heteroatoms. The number of hydrogen-bond acceptors (Lipinski definition) is 8. The molecule has 2 N–H and O–H groups in total. The summed E-state index contributed by atoms with van der Waals surface area (Å²) >= 11 is 1.41. The van der Waals surface area contributed by atoms with Crippen LogP contribution in [0.3, 0.4) is 0 Å². The minimum absolute atomic E-state index is 0.0280. The predicted octanol–water partition coefficient (Wildman–Crippen LogP) is 4.93. The molecular weight excluding hydrogens is 478 g/mol. The number of hydrogen-bond donors (Lipinski definition) is 2. The number of rotatable bonds is 6. The van der Waals surface area contributed by atoms with Crippen LogP contribution in [-0.2, 0) is 9.59 Å². The summed E-state index contributed by atoms with van der Waals surface area (Å²) in [6.07, 6.45) is 1.95. The van der Waals surface area contributed by atoms with Crippen molar-refractivity contribution >= 4 is 38.4 Å². The van der Waals surface area contributed by atoms with Gasteiger partial charge in [0, 0.05) is 34.9 Å². The third-order valence-electron chi connectivity index (χ3n) is 6.56. The zero-order valence-corrected chi connectivity index (χ0v) is 21.4. The molecule has 36 heavy (non-hydrogen) atoms. The van der Waals surface area contributed by atoms with E-state index in [0.717, 1.165) is 28.8 Å². The highest BCUT2D eigenvalue weighted by Gasteiger charge is 2.39. The summed E-state index contributed by atoms with van der Waals surface area (Å²) in [4.78, 5) is 31.6. The number of carbonyl (C=O) groups is 2. The fourth-order valence-electron chi connectivity index (χ4n) is 4.98. The Morgan fingerprint density at radius 3 is 2.47 bits per heavy atom. The van der Waals surface area contributed by atoms with Crippen molar-refractivity contribution in [2.75, 3.05) is 26.6 Å². The Labute approximate surface area is 213 Å². The summed E-state index contributed by atoms with van der Waals surface area (Å²) in [5, 5.41) is 6.82. The number of ether oxygens (including phenoxy) is 3. The molecule has 1 aromatic heterocycles. The molecule has 186 valence electrons. The number of fused-ring (bicyclic) bond motifs is 1. The van der Waals surface area contributed by atoms with Crippen LogP contribution in [0.15, 0.2) is 58.9 Å². The van der Waals surface area contributed by atoms with Gasteiger partial charge < -0.3 is 19.5 Å². The quantitative estimate of drug-likeness (QED) is 0.490. The van der Waals surface area contributed by atoms with Gasteiger partial charge in [0.1, 0.15) is 0 Å². The lowest BCUT2D eigenvalue weighted by Crippen LogP contribution is -2.35. The molecular formula is C27H27N3O5S. The number of methoxy groups -OCH3 is 3. The lowest BCUT2D eigenvalue weighted by Gasteiger charge is -2.34. The molecule has 0 spiro atoms. The minimum Gasteiger partial charge on any atom is -0.493 e. The maximum atomic E-state index is 13.8. The van der Waals surface area contributed by atoms with Crippen molar-refractivity contribution in [3.63, 3.8) is 0 Å². The number of carbonyl (C=O) groups excluding carboxylic acids is 2.